The monoisotopic (exact) mass is 309 g/mol. The van der Waals surface area contributed by atoms with Gasteiger partial charge in [0, 0.05) is 17.6 Å². The van der Waals surface area contributed by atoms with E-state index in [0.29, 0.717) is 32.7 Å². The van der Waals surface area contributed by atoms with Gasteiger partial charge in [0.05, 0.1) is 22.1 Å². The van der Waals surface area contributed by atoms with Gasteiger partial charge in [-0.3, -0.25) is 4.79 Å². The number of halogens is 2. The zero-order chi connectivity index (χ0) is 14.7. The summed E-state index contributed by atoms with van der Waals surface area (Å²) in [6.07, 6.45) is 0. The number of nitrogens with two attached hydrogens (primary N) is 1. The van der Waals surface area contributed by atoms with E-state index in [1.807, 2.05) is 0 Å². The van der Waals surface area contributed by atoms with Gasteiger partial charge in [-0.05, 0) is 36.4 Å². The Morgan fingerprint density at radius 1 is 1.10 bits per heavy atom. The van der Waals surface area contributed by atoms with Crippen LogP contribution in [-0.2, 0) is 0 Å². The van der Waals surface area contributed by atoms with Crippen LogP contribution in [0.1, 0.15) is 10.4 Å². The van der Waals surface area contributed by atoms with Gasteiger partial charge >= 0.3 is 0 Å². The molecule has 0 atom stereocenters. The van der Waals surface area contributed by atoms with Crippen LogP contribution in [0.4, 0.5) is 17.1 Å². The molecule has 0 aromatic heterocycles. The van der Waals surface area contributed by atoms with E-state index in [1.54, 1.807) is 43.4 Å². The van der Waals surface area contributed by atoms with Crippen molar-refractivity contribution in [3.8, 4) is 0 Å². The molecule has 0 heterocycles. The number of rotatable bonds is 3. The van der Waals surface area contributed by atoms with Crippen molar-refractivity contribution in [1.82, 2.24) is 5.32 Å². The average Bonchev–Trinajstić information content (AvgIpc) is 2.44. The predicted octanol–water partition coefficient (Wildman–Crippen LogP) is 3.68. The van der Waals surface area contributed by atoms with Gasteiger partial charge in [-0.2, -0.15) is 0 Å². The number of nitrogen functional groups attached to an aromatic ring is 1. The van der Waals surface area contributed by atoms with Crippen molar-refractivity contribution in [2.45, 2.75) is 0 Å². The topological polar surface area (TPSA) is 67.2 Å². The molecule has 4 N–H and O–H groups in total. The lowest BCUT2D eigenvalue weighted by Gasteiger charge is -2.12. The quantitative estimate of drug-likeness (QED) is 0.758. The second-order valence-electron chi connectivity index (χ2n) is 4.13. The van der Waals surface area contributed by atoms with Crippen LogP contribution >= 0.6 is 23.2 Å². The maximum Gasteiger partial charge on any atom is 0.251 e. The molecule has 0 radical (unpaired) electrons. The highest BCUT2D eigenvalue weighted by molar-refractivity contribution is 6.35. The molecule has 0 aliphatic carbocycles. The summed E-state index contributed by atoms with van der Waals surface area (Å²) in [6.45, 7) is 0. The zero-order valence-electron chi connectivity index (χ0n) is 10.7. The van der Waals surface area contributed by atoms with Crippen LogP contribution in [0.15, 0.2) is 36.4 Å². The molecule has 1 amide bonds. The highest BCUT2D eigenvalue weighted by atomic mass is 35.5. The highest BCUT2D eigenvalue weighted by Crippen LogP contribution is 2.31. The average molecular weight is 310 g/mol. The molecule has 0 aliphatic rings. The predicted molar refractivity (Wildman–Crippen MR) is 84.0 cm³/mol. The SMILES string of the molecule is CNC(=O)c1ccc(Nc2cc(Cl)ccc2Cl)c(N)c1. The number of carbonyl (C=O) groups is 1. The number of anilines is 3. The van der Waals surface area contributed by atoms with Crippen LogP contribution in [0.2, 0.25) is 10.0 Å². The first-order valence-corrected chi connectivity index (χ1v) is 6.60. The number of hydrogen-bond acceptors (Lipinski definition) is 3. The number of benzene rings is 2. The van der Waals surface area contributed by atoms with Crippen molar-refractivity contribution in [1.29, 1.82) is 0 Å². The van der Waals surface area contributed by atoms with Crippen LogP contribution in [0.5, 0.6) is 0 Å². The first-order valence-electron chi connectivity index (χ1n) is 5.85. The Kier molecular flexibility index (Phi) is 4.37. The molecule has 2 aromatic carbocycles. The molecule has 2 rings (SSSR count). The van der Waals surface area contributed by atoms with Gasteiger partial charge in [-0.1, -0.05) is 23.2 Å². The van der Waals surface area contributed by atoms with Crippen molar-refractivity contribution < 1.29 is 4.79 Å². The van der Waals surface area contributed by atoms with Gasteiger partial charge < -0.3 is 16.4 Å². The Morgan fingerprint density at radius 2 is 1.85 bits per heavy atom. The lowest BCUT2D eigenvalue weighted by molar-refractivity contribution is 0.0963. The molecule has 0 aliphatic heterocycles. The third kappa shape index (κ3) is 3.15. The van der Waals surface area contributed by atoms with E-state index < -0.39 is 0 Å². The molecule has 6 heteroatoms. The van der Waals surface area contributed by atoms with Crippen molar-refractivity contribution in [2.75, 3.05) is 18.1 Å². The second kappa shape index (κ2) is 6.03. The molecule has 0 saturated carbocycles. The number of nitrogens with one attached hydrogen (secondary N) is 2. The third-order valence-corrected chi connectivity index (χ3v) is 3.30. The number of hydrogen-bond donors (Lipinski definition) is 3. The summed E-state index contributed by atoms with van der Waals surface area (Å²) in [5, 5.41) is 6.73. The van der Waals surface area contributed by atoms with Crippen LogP contribution in [0.3, 0.4) is 0 Å². The van der Waals surface area contributed by atoms with Crippen molar-refractivity contribution >= 4 is 46.2 Å². The van der Waals surface area contributed by atoms with Crippen LogP contribution < -0.4 is 16.4 Å². The molecular weight excluding hydrogens is 297 g/mol. The summed E-state index contributed by atoms with van der Waals surface area (Å²) in [4.78, 5) is 11.5. The molecule has 20 heavy (non-hydrogen) atoms. The molecule has 104 valence electrons. The van der Waals surface area contributed by atoms with E-state index in [2.05, 4.69) is 10.6 Å². The molecule has 0 bridgehead atoms. The standard InChI is InChI=1S/C14H13Cl2N3O/c1-18-14(20)8-2-5-12(11(17)6-8)19-13-7-9(15)3-4-10(13)16/h2-7,19H,17H2,1H3,(H,18,20). The van der Waals surface area contributed by atoms with Gasteiger partial charge in [0.1, 0.15) is 0 Å². The summed E-state index contributed by atoms with van der Waals surface area (Å²) in [5.41, 5.74) is 8.18. The minimum absolute atomic E-state index is 0.191. The zero-order valence-corrected chi connectivity index (χ0v) is 12.2. The first-order chi connectivity index (χ1) is 9.51. The van der Waals surface area contributed by atoms with E-state index >= 15 is 0 Å². The van der Waals surface area contributed by atoms with Gasteiger partial charge in [0.25, 0.3) is 5.91 Å². The van der Waals surface area contributed by atoms with Gasteiger partial charge in [0.2, 0.25) is 0 Å². The summed E-state index contributed by atoms with van der Waals surface area (Å²) in [5.74, 6) is -0.191. The smallest absolute Gasteiger partial charge is 0.251 e. The fraction of sp³-hybridized carbons (Fsp3) is 0.0714. The minimum Gasteiger partial charge on any atom is -0.397 e. The highest BCUT2D eigenvalue weighted by Gasteiger charge is 2.08. The van der Waals surface area contributed by atoms with E-state index in [9.17, 15) is 4.79 Å². The summed E-state index contributed by atoms with van der Waals surface area (Å²) >= 11 is 12.0. The Bertz CT molecular complexity index is 659. The van der Waals surface area contributed by atoms with Gasteiger partial charge in [-0.15, -0.1) is 0 Å². The van der Waals surface area contributed by atoms with Crippen molar-refractivity contribution in [3.05, 3.63) is 52.0 Å². The lowest BCUT2D eigenvalue weighted by atomic mass is 10.1. The van der Waals surface area contributed by atoms with Gasteiger partial charge in [0.15, 0.2) is 0 Å². The van der Waals surface area contributed by atoms with Crippen LogP contribution in [0, 0.1) is 0 Å². The van der Waals surface area contributed by atoms with E-state index in [0.717, 1.165) is 0 Å². The Labute approximate surface area is 126 Å². The molecule has 0 fully saturated rings. The molecule has 0 unspecified atom stereocenters. The molecule has 0 saturated heterocycles. The third-order valence-electron chi connectivity index (χ3n) is 2.74. The molecule has 2 aromatic rings. The number of amides is 1. The van der Waals surface area contributed by atoms with Crippen molar-refractivity contribution in [3.63, 3.8) is 0 Å². The van der Waals surface area contributed by atoms with Crippen molar-refractivity contribution in [2.24, 2.45) is 0 Å². The Balaban J connectivity index is 2.30. The lowest BCUT2D eigenvalue weighted by Crippen LogP contribution is -2.17. The minimum atomic E-state index is -0.191. The molecule has 4 nitrogen and oxygen atoms in total. The summed E-state index contributed by atoms with van der Waals surface area (Å²) in [6, 6.07) is 10.1. The van der Waals surface area contributed by atoms with Crippen LogP contribution in [0.25, 0.3) is 0 Å². The summed E-state index contributed by atoms with van der Waals surface area (Å²) < 4.78 is 0. The number of carbonyl (C=O) groups excluding carboxylic acids is 1. The first kappa shape index (κ1) is 14.5. The van der Waals surface area contributed by atoms with E-state index in [1.165, 1.54) is 0 Å². The van der Waals surface area contributed by atoms with Gasteiger partial charge in [-0.25, -0.2) is 0 Å². The maximum atomic E-state index is 11.5. The Morgan fingerprint density at radius 3 is 2.50 bits per heavy atom. The molecule has 0 spiro atoms. The summed E-state index contributed by atoms with van der Waals surface area (Å²) in [7, 11) is 1.57. The molecular formula is C14H13Cl2N3O. The Hall–Kier alpha value is -1.91. The fourth-order valence-electron chi connectivity index (χ4n) is 1.70. The fourth-order valence-corrected chi connectivity index (χ4v) is 2.04. The largest absolute Gasteiger partial charge is 0.397 e. The normalized spacial score (nSPS) is 10.2. The van der Waals surface area contributed by atoms with Crippen LogP contribution in [-0.4, -0.2) is 13.0 Å². The maximum absolute atomic E-state index is 11.5. The second-order valence-corrected chi connectivity index (χ2v) is 4.97. The van der Waals surface area contributed by atoms with E-state index in [-0.39, 0.29) is 5.91 Å². The van der Waals surface area contributed by atoms with E-state index in [4.69, 9.17) is 28.9 Å².